The normalized spacial score (nSPS) is 11.0. The van der Waals surface area contributed by atoms with Crippen LogP contribution in [0.2, 0.25) is 0 Å². The van der Waals surface area contributed by atoms with Crippen molar-refractivity contribution in [3.05, 3.63) is 67.4 Å². The number of aromatic nitrogens is 5. The van der Waals surface area contributed by atoms with Crippen LogP contribution in [0.1, 0.15) is 0 Å². The van der Waals surface area contributed by atoms with E-state index >= 15 is 0 Å². The Kier molecular flexibility index (Phi) is 2.35. The first-order chi connectivity index (χ1) is 9.93. The van der Waals surface area contributed by atoms with Crippen LogP contribution in [0.25, 0.3) is 22.5 Å². The van der Waals surface area contributed by atoms with Crippen LogP contribution in [0, 0.1) is 0 Å². The second-order valence-corrected chi connectivity index (χ2v) is 4.40. The molecule has 0 aliphatic rings. The molecule has 1 aromatic carbocycles. The molecule has 5 nitrogen and oxygen atoms in total. The summed E-state index contributed by atoms with van der Waals surface area (Å²) in [6, 6.07) is 13.8. The minimum Gasteiger partial charge on any atom is -0.295 e. The topological polar surface area (TPSA) is 48.5 Å². The van der Waals surface area contributed by atoms with Crippen molar-refractivity contribution in [1.82, 2.24) is 24.3 Å². The van der Waals surface area contributed by atoms with Crippen LogP contribution in [-0.4, -0.2) is 24.3 Å². The van der Waals surface area contributed by atoms with Crippen LogP contribution in [0.4, 0.5) is 0 Å². The largest absolute Gasteiger partial charge is 0.295 e. The number of para-hydroxylation sites is 2. The van der Waals surface area contributed by atoms with Crippen molar-refractivity contribution in [1.29, 1.82) is 0 Å². The van der Waals surface area contributed by atoms with Crippen LogP contribution in [-0.2, 0) is 0 Å². The van der Waals surface area contributed by atoms with E-state index in [2.05, 4.69) is 15.1 Å². The molecule has 0 amide bonds. The van der Waals surface area contributed by atoms with E-state index in [9.17, 15) is 0 Å². The molecule has 0 radical (unpaired) electrons. The minimum absolute atomic E-state index is 0.778. The van der Waals surface area contributed by atoms with Gasteiger partial charge in [0.1, 0.15) is 6.33 Å². The first-order valence-electron chi connectivity index (χ1n) is 6.31. The van der Waals surface area contributed by atoms with Crippen molar-refractivity contribution in [3.63, 3.8) is 0 Å². The van der Waals surface area contributed by atoms with Crippen molar-refractivity contribution in [3.8, 4) is 11.5 Å². The van der Waals surface area contributed by atoms with Gasteiger partial charge in [0.2, 0.25) is 0 Å². The number of imidazole rings is 1. The quantitative estimate of drug-likeness (QED) is 0.557. The van der Waals surface area contributed by atoms with Gasteiger partial charge in [0.05, 0.1) is 16.7 Å². The average Bonchev–Trinajstić information content (AvgIpc) is 3.17. The van der Waals surface area contributed by atoms with Crippen molar-refractivity contribution < 1.29 is 0 Å². The van der Waals surface area contributed by atoms with Crippen molar-refractivity contribution in [2.24, 2.45) is 0 Å². The Bertz CT molecular complexity index is 861. The zero-order chi connectivity index (χ0) is 13.4. The molecule has 0 saturated heterocycles. The van der Waals surface area contributed by atoms with Crippen LogP contribution < -0.4 is 0 Å². The maximum Gasteiger partial charge on any atom is 0.177 e. The Morgan fingerprint density at radius 2 is 1.80 bits per heavy atom. The lowest BCUT2D eigenvalue weighted by atomic mass is 10.3. The number of fused-ring (bicyclic) bond motifs is 1. The maximum absolute atomic E-state index is 4.44. The summed E-state index contributed by atoms with van der Waals surface area (Å²) in [6.45, 7) is 0. The summed E-state index contributed by atoms with van der Waals surface area (Å²) in [5.41, 5.74) is 2.96. The molecule has 4 aromatic rings. The predicted molar refractivity (Wildman–Crippen MR) is 76.0 cm³/mol. The van der Waals surface area contributed by atoms with Gasteiger partial charge in [-0.2, -0.15) is 5.10 Å². The summed E-state index contributed by atoms with van der Waals surface area (Å²) >= 11 is 0. The molecule has 0 fully saturated rings. The summed E-state index contributed by atoms with van der Waals surface area (Å²) in [5.74, 6) is 0.778. The van der Waals surface area contributed by atoms with Crippen molar-refractivity contribution in [2.45, 2.75) is 0 Å². The van der Waals surface area contributed by atoms with Gasteiger partial charge in [0.15, 0.2) is 5.82 Å². The second kappa shape index (κ2) is 4.31. The number of pyridine rings is 1. The smallest absolute Gasteiger partial charge is 0.177 e. The molecule has 5 heteroatoms. The third-order valence-electron chi connectivity index (χ3n) is 3.20. The fourth-order valence-corrected chi connectivity index (χ4v) is 2.30. The molecule has 0 aliphatic carbocycles. The molecule has 20 heavy (non-hydrogen) atoms. The van der Waals surface area contributed by atoms with E-state index in [4.69, 9.17) is 0 Å². The molecule has 0 atom stereocenters. The first-order valence-corrected chi connectivity index (χ1v) is 6.31. The highest BCUT2D eigenvalue weighted by atomic mass is 15.3. The fraction of sp³-hybridized carbons (Fsp3) is 0. The highest BCUT2D eigenvalue weighted by Crippen LogP contribution is 2.21. The summed E-state index contributed by atoms with van der Waals surface area (Å²) in [5, 5.41) is 4.26. The molecule has 0 spiro atoms. The molecule has 3 aromatic heterocycles. The zero-order valence-corrected chi connectivity index (χ0v) is 10.6. The van der Waals surface area contributed by atoms with Crippen LogP contribution in [0.3, 0.4) is 0 Å². The van der Waals surface area contributed by atoms with Gasteiger partial charge in [-0.15, -0.1) is 0 Å². The van der Waals surface area contributed by atoms with E-state index in [-0.39, 0.29) is 0 Å². The van der Waals surface area contributed by atoms with Gasteiger partial charge in [-0.25, -0.2) is 14.6 Å². The van der Waals surface area contributed by atoms with Gasteiger partial charge in [-0.3, -0.25) is 4.57 Å². The van der Waals surface area contributed by atoms with Gasteiger partial charge in [0, 0.05) is 18.6 Å². The molecule has 0 saturated carbocycles. The lowest BCUT2D eigenvalue weighted by molar-refractivity contribution is 0.832. The number of rotatable bonds is 2. The van der Waals surface area contributed by atoms with E-state index in [1.165, 1.54) is 0 Å². The van der Waals surface area contributed by atoms with E-state index in [1.807, 2.05) is 59.6 Å². The highest BCUT2D eigenvalue weighted by molar-refractivity contribution is 5.77. The standard InChI is InChI=1S/C15H11N5/c1-2-6-13-12(5-1)17-11-19(13)14-7-3-8-16-15(14)20-10-4-9-18-20/h1-11H. The van der Waals surface area contributed by atoms with Crippen molar-refractivity contribution >= 4 is 11.0 Å². The van der Waals surface area contributed by atoms with E-state index in [1.54, 1.807) is 17.1 Å². The van der Waals surface area contributed by atoms with Crippen molar-refractivity contribution in [2.75, 3.05) is 0 Å². The van der Waals surface area contributed by atoms with Crippen LogP contribution in [0.5, 0.6) is 0 Å². The molecular formula is C15H11N5. The van der Waals surface area contributed by atoms with E-state index in [0.29, 0.717) is 0 Å². The number of hydrogen-bond donors (Lipinski definition) is 0. The number of nitrogens with zero attached hydrogens (tertiary/aromatic N) is 5. The summed E-state index contributed by atoms with van der Waals surface area (Å²) in [6.07, 6.45) is 7.20. The molecule has 0 aliphatic heterocycles. The molecular weight excluding hydrogens is 250 g/mol. The maximum atomic E-state index is 4.44. The number of hydrogen-bond acceptors (Lipinski definition) is 3. The lowest BCUT2D eigenvalue weighted by Gasteiger charge is -2.09. The Hall–Kier alpha value is -2.95. The van der Waals surface area contributed by atoms with Gasteiger partial charge in [-0.05, 0) is 30.3 Å². The summed E-state index contributed by atoms with van der Waals surface area (Å²) in [7, 11) is 0. The molecule has 3 heterocycles. The fourth-order valence-electron chi connectivity index (χ4n) is 2.30. The van der Waals surface area contributed by atoms with Gasteiger partial charge in [0.25, 0.3) is 0 Å². The van der Waals surface area contributed by atoms with Gasteiger partial charge < -0.3 is 0 Å². The Balaban J connectivity index is 1.99. The third-order valence-corrected chi connectivity index (χ3v) is 3.20. The monoisotopic (exact) mass is 261 g/mol. The number of benzene rings is 1. The summed E-state index contributed by atoms with van der Waals surface area (Å²) in [4.78, 5) is 8.86. The Morgan fingerprint density at radius 3 is 2.70 bits per heavy atom. The molecule has 0 N–H and O–H groups in total. The van der Waals surface area contributed by atoms with Gasteiger partial charge >= 0.3 is 0 Å². The Labute approximate surface area is 115 Å². The summed E-state index contributed by atoms with van der Waals surface area (Å²) < 4.78 is 3.78. The SMILES string of the molecule is c1cnc(-n2cccn2)c(-n2cnc3ccccc32)c1. The van der Waals surface area contributed by atoms with E-state index in [0.717, 1.165) is 22.5 Å². The molecule has 4 rings (SSSR count). The second-order valence-electron chi connectivity index (χ2n) is 4.40. The van der Waals surface area contributed by atoms with Crippen LogP contribution in [0.15, 0.2) is 67.4 Å². The predicted octanol–water partition coefficient (Wildman–Crippen LogP) is 2.61. The van der Waals surface area contributed by atoms with E-state index < -0.39 is 0 Å². The minimum atomic E-state index is 0.778. The molecule has 0 unspecified atom stereocenters. The zero-order valence-electron chi connectivity index (χ0n) is 10.6. The molecule has 96 valence electrons. The average molecular weight is 261 g/mol. The lowest BCUT2D eigenvalue weighted by Crippen LogP contribution is -2.04. The first kappa shape index (κ1) is 10.9. The Morgan fingerprint density at radius 1 is 0.850 bits per heavy atom. The highest BCUT2D eigenvalue weighted by Gasteiger charge is 2.10. The van der Waals surface area contributed by atoms with Gasteiger partial charge in [-0.1, -0.05) is 12.1 Å². The third kappa shape index (κ3) is 1.60. The van der Waals surface area contributed by atoms with Crippen LogP contribution >= 0.6 is 0 Å². The molecule has 0 bridgehead atoms.